The van der Waals surface area contributed by atoms with Crippen molar-refractivity contribution >= 4 is 45.1 Å². The highest BCUT2D eigenvalue weighted by molar-refractivity contribution is 9.10. The highest BCUT2D eigenvalue weighted by Crippen LogP contribution is 2.36. The zero-order chi connectivity index (χ0) is 21.5. The van der Waals surface area contributed by atoms with Crippen LogP contribution in [0.15, 0.2) is 22.7 Å². The Morgan fingerprint density at radius 2 is 1.97 bits per heavy atom. The van der Waals surface area contributed by atoms with Crippen LogP contribution in [0.4, 0.5) is 5.69 Å². The number of fused-ring (bicyclic) bond motifs is 2. The number of rotatable bonds is 4. The zero-order valence-electron chi connectivity index (χ0n) is 17.5. The van der Waals surface area contributed by atoms with E-state index in [0.717, 1.165) is 84.1 Å². The number of H-pyrrole nitrogens is 1. The summed E-state index contributed by atoms with van der Waals surface area (Å²) >= 11 is 3.48. The SMILES string of the molecule is Cc1c(/C=C2\C(=O)Nc3ccc(Br)cc32)[nH]c2c1C(=O)N(CCN1CCOCC1)CC2. The molecule has 7 nitrogen and oxygen atoms in total. The van der Waals surface area contributed by atoms with Crippen LogP contribution in [0.1, 0.15) is 32.9 Å². The van der Waals surface area contributed by atoms with Crippen molar-refractivity contribution in [3.05, 3.63) is 50.8 Å². The molecule has 2 amide bonds. The maximum absolute atomic E-state index is 13.2. The predicted octanol–water partition coefficient (Wildman–Crippen LogP) is 2.91. The van der Waals surface area contributed by atoms with Crippen LogP contribution in [0, 0.1) is 6.92 Å². The van der Waals surface area contributed by atoms with Gasteiger partial charge in [0.2, 0.25) is 0 Å². The quantitative estimate of drug-likeness (QED) is 0.654. The van der Waals surface area contributed by atoms with Crippen molar-refractivity contribution in [1.82, 2.24) is 14.8 Å². The predicted molar refractivity (Wildman–Crippen MR) is 123 cm³/mol. The van der Waals surface area contributed by atoms with Crippen LogP contribution in [0.3, 0.4) is 0 Å². The lowest BCUT2D eigenvalue weighted by molar-refractivity contribution is -0.110. The van der Waals surface area contributed by atoms with Gasteiger partial charge < -0.3 is 19.9 Å². The number of hydrogen-bond acceptors (Lipinski definition) is 4. The standard InChI is InChI=1S/C23H25BrN4O3/c1-14-20(13-17-16-12-15(24)2-3-18(16)26-22(17)29)25-19-4-5-28(23(30)21(14)19)7-6-27-8-10-31-11-9-27/h2-3,12-13,25H,4-11H2,1H3,(H,26,29)/b17-13-. The lowest BCUT2D eigenvalue weighted by Crippen LogP contribution is -2.45. The molecule has 8 heteroatoms. The van der Waals surface area contributed by atoms with Crippen LogP contribution in [0.2, 0.25) is 0 Å². The number of carbonyl (C=O) groups excluding carboxylic acids is 2. The van der Waals surface area contributed by atoms with E-state index in [2.05, 4.69) is 31.1 Å². The van der Waals surface area contributed by atoms with Gasteiger partial charge in [0.1, 0.15) is 0 Å². The molecule has 1 saturated heterocycles. The van der Waals surface area contributed by atoms with Crippen molar-refractivity contribution in [3.8, 4) is 0 Å². The summed E-state index contributed by atoms with van der Waals surface area (Å²) in [6, 6.07) is 5.74. The number of amides is 2. The molecule has 0 unspecified atom stereocenters. The average Bonchev–Trinajstić information content (AvgIpc) is 3.25. The Bertz CT molecular complexity index is 1080. The van der Waals surface area contributed by atoms with Crippen molar-refractivity contribution < 1.29 is 14.3 Å². The summed E-state index contributed by atoms with van der Waals surface area (Å²) < 4.78 is 6.32. The topological polar surface area (TPSA) is 77.7 Å². The monoisotopic (exact) mass is 484 g/mol. The van der Waals surface area contributed by atoms with Crippen LogP contribution >= 0.6 is 15.9 Å². The van der Waals surface area contributed by atoms with Crippen molar-refractivity contribution in [2.75, 3.05) is 51.3 Å². The number of aromatic amines is 1. The van der Waals surface area contributed by atoms with Gasteiger partial charge in [-0.3, -0.25) is 14.5 Å². The Morgan fingerprint density at radius 1 is 1.16 bits per heavy atom. The molecule has 3 aliphatic rings. The fourth-order valence-corrected chi connectivity index (χ4v) is 4.92. The third-order valence-electron chi connectivity index (χ3n) is 6.34. The first-order valence-corrected chi connectivity index (χ1v) is 11.4. The molecule has 0 spiro atoms. The number of carbonyl (C=O) groups is 2. The lowest BCUT2D eigenvalue weighted by Gasteiger charge is -2.32. The molecule has 0 bridgehead atoms. The van der Waals surface area contributed by atoms with Gasteiger partial charge in [-0.1, -0.05) is 15.9 Å². The summed E-state index contributed by atoms with van der Waals surface area (Å²) in [7, 11) is 0. The van der Waals surface area contributed by atoms with Gasteiger partial charge in [0.05, 0.1) is 24.4 Å². The molecule has 0 atom stereocenters. The minimum atomic E-state index is -0.126. The second kappa shape index (κ2) is 8.26. The fourth-order valence-electron chi connectivity index (χ4n) is 4.56. The Balaban J connectivity index is 1.39. The van der Waals surface area contributed by atoms with E-state index in [9.17, 15) is 9.59 Å². The normalized spacial score (nSPS) is 20.2. The van der Waals surface area contributed by atoms with Gasteiger partial charge in [-0.05, 0) is 36.8 Å². The molecule has 31 heavy (non-hydrogen) atoms. The summed E-state index contributed by atoms with van der Waals surface area (Å²) in [6.07, 6.45) is 2.66. The number of aromatic nitrogens is 1. The van der Waals surface area contributed by atoms with E-state index >= 15 is 0 Å². The minimum absolute atomic E-state index is 0.0759. The number of hydrogen-bond donors (Lipinski definition) is 2. The van der Waals surface area contributed by atoms with Crippen molar-refractivity contribution in [3.63, 3.8) is 0 Å². The molecule has 162 valence electrons. The van der Waals surface area contributed by atoms with Crippen LogP contribution < -0.4 is 5.32 Å². The van der Waals surface area contributed by atoms with Crippen LogP contribution in [-0.4, -0.2) is 72.5 Å². The minimum Gasteiger partial charge on any atom is -0.379 e. The van der Waals surface area contributed by atoms with Gasteiger partial charge in [0.25, 0.3) is 11.8 Å². The van der Waals surface area contributed by atoms with Crippen molar-refractivity contribution in [1.29, 1.82) is 0 Å². The highest BCUT2D eigenvalue weighted by Gasteiger charge is 2.30. The molecule has 3 aliphatic heterocycles. The van der Waals surface area contributed by atoms with Crippen LogP contribution in [0.25, 0.3) is 11.6 Å². The second-order valence-corrected chi connectivity index (χ2v) is 9.13. The average molecular weight is 485 g/mol. The Labute approximate surface area is 189 Å². The largest absolute Gasteiger partial charge is 0.379 e. The maximum Gasteiger partial charge on any atom is 0.256 e. The van der Waals surface area contributed by atoms with Crippen molar-refractivity contribution in [2.24, 2.45) is 0 Å². The molecule has 5 rings (SSSR count). The third kappa shape index (κ3) is 3.84. The molecule has 0 radical (unpaired) electrons. The van der Waals surface area contributed by atoms with Gasteiger partial charge in [-0.2, -0.15) is 0 Å². The molecule has 0 saturated carbocycles. The number of nitrogens with one attached hydrogen (secondary N) is 2. The van der Waals surface area contributed by atoms with E-state index in [1.165, 1.54) is 0 Å². The first-order chi connectivity index (χ1) is 15.0. The number of ether oxygens (including phenoxy) is 1. The molecule has 0 aliphatic carbocycles. The third-order valence-corrected chi connectivity index (χ3v) is 6.84. The van der Waals surface area contributed by atoms with E-state index in [-0.39, 0.29) is 11.8 Å². The van der Waals surface area contributed by atoms with E-state index in [4.69, 9.17) is 4.74 Å². The van der Waals surface area contributed by atoms with Crippen LogP contribution in [0.5, 0.6) is 0 Å². The number of morpholine rings is 1. The lowest BCUT2D eigenvalue weighted by atomic mass is 10.0. The number of halogens is 1. The molecule has 2 aromatic rings. The maximum atomic E-state index is 13.2. The second-order valence-electron chi connectivity index (χ2n) is 8.22. The Morgan fingerprint density at radius 3 is 2.77 bits per heavy atom. The van der Waals surface area contributed by atoms with Gasteiger partial charge in [0.15, 0.2) is 0 Å². The van der Waals surface area contributed by atoms with Gasteiger partial charge >= 0.3 is 0 Å². The molecular weight excluding hydrogens is 460 g/mol. The number of benzene rings is 1. The first kappa shape index (κ1) is 20.5. The number of anilines is 1. The summed E-state index contributed by atoms with van der Waals surface area (Å²) in [5, 5.41) is 2.91. The van der Waals surface area contributed by atoms with Crippen molar-refractivity contribution in [2.45, 2.75) is 13.3 Å². The molecule has 2 N–H and O–H groups in total. The summed E-state index contributed by atoms with van der Waals surface area (Å²) in [6.45, 7) is 7.64. The summed E-state index contributed by atoms with van der Waals surface area (Å²) in [5.41, 5.74) is 5.72. The molecule has 1 aromatic heterocycles. The Hall–Kier alpha value is -2.42. The van der Waals surface area contributed by atoms with Gasteiger partial charge in [0, 0.05) is 66.3 Å². The number of nitrogens with zero attached hydrogens (tertiary/aromatic N) is 2. The molecule has 4 heterocycles. The highest BCUT2D eigenvalue weighted by atomic mass is 79.9. The molecule has 1 aromatic carbocycles. The Kier molecular flexibility index (Phi) is 5.45. The first-order valence-electron chi connectivity index (χ1n) is 10.6. The van der Waals surface area contributed by atoms with Crippen LogP contribution in [-0.2, 0) is 16.0 Å². The molecular formula is C23H25BrN4O3. The zero-order valence-corrected chi connectivity index (χ0v) is 19.0. The van der Waals surface area contributed by atoms with E-state index in [1.807, 2.05) is 36.1 Å². The summed E-state index contributed by atoms with van der Waals surface area (Å²) in [4.78, 5) is 33.5. The summed E-state index contributed by atoms with van der Waals surface area (Å²) in [5.74, 6) is -0.0505. The smallest absolute Gasteiger partial charge is 0.256 e. The van der Waals surface area contributed by atoms with E-state index < -0.39 is 0 Å². The van der Waals surface area contributed by atoms with E-state index in [0.29, 0.717) is 12.1 Å². The van der Waals surface area contributed by atoms with Gasteiger partial charge in [-0.15, -0.1) is 0 Å². The van der Waals surface area contributed by atoms with Gasteiger partial charge in [-0.25, -0.2) is 0 Å². The molecule has 1 fully saturated rings. The van der Waals surface area contributed by atoms with E-state index in [1.54, 1.807) is 0 Å². The fraction of sp³-hybridized carbons (Fsp3) is 0.391.